The van der Waals surface area contributed by atoms with Crippen LogP contribution < -0.4 is 10.6 Å². The number of phenolic OH excluding ortho intramolecular Hbond substituents is 1. The fourth-order valence-electron chi connectivity index (χ4n) is 6.97. The first-order valence-electron chi connectivity index (χ1n) is 13.9. The number of benzene rings is 1. The molecular weight excluding hydrogens is 528 g/mol. The second kappa shape index (κ2) is 10.5. The number of fused-ring (bicyclic) bond motifs is 3. The van der Waals surface area contributed by atoms with Gasteiger partial charge in [0.15, 0.2) is 11.4 Å². The van der Waals surface area contributed by atoms with Gasteiger partial charge in [0.1, 0.15) is 22.8 Å². The number of nitrogens with zero attached hydrogens (tertiary/aromatic N) is 3. The van der Waals surface area contributed by atoms with Crippen molar-refractivity contribution in [2.24, 2.45) is 23.5 Å². The van der Waals surface area contributed by atoms with Crippen LogP contribution in [-0.2, 0) is 27.3 Å². The number of amides is 1. The second-order valence-electron chi connectivity index (χ2n) is 12.5. The molecular formula is C30H42N4O7. The van der Waals surface area contributed by atoms with Crippen molar-refractivity contribution in [3.8, 4) is 5.75 Å². The predicted molar refractivity (Wildman–Crippen MR) is 154 cm³/mol. The molecule has 0 saturated heterocycles. The largest absolute Gasteiger partial charge is 0.508 e. The molecule has 11 heteroatoms. The van der Waals surface area contributed by atoms with E-state index in [0.29, 0.717) is 18.0 Å². The Labute approximate surface area is 240 Å². The van der Waals surface area contributed by atoms with Crippen molar-refractivity contribution in [3.05, 3.63) is 39.7 Å². The molecule has 41 heavy (non-hydrogen) atoms. The number of carbonyl (C=O) groups is 3. The van der Waals surface area contributed by atoms with Gasteiger partial charge in [-0.25, -0.2) is 0 Å². The zero-order chi connectivity index (χ0) is 30.9. The number of aliphatic hydroxyl groups excluding tert-OH is 2. The van der Waals surface area contributed by atoms with Gasteiger partial charge in [0.25, 0.3) is 5.91 Å². The summed E-state index contributed by atoms with van der Waals surface area (Å²) in [6.45, 7) is 6.94. The van der Waals surface area contributed by atoms with Crippen LogP contribution >= 0.6 is 0 Å². The Morgan fingerprint density at radius 1 is 1.10 bits per heavy atom. The van der Waals surface area contributed by atoms with Gasteiger partial charge in [-0.15, -0.1) is 0 Å². The summed E-state index contributed by atoms with van der Waals surface area (Å²) >= 11 is 0. The van der Waals surface area contributed by atoms with Crippen LogP contribution in [0.4, 0.5) is 5.69 Å². The molecule has 0 aliphatic heterocycles. The minimum atomic E-state index is -2.65. The molecule has 224 valence electrons. The van der Waals surface area contributed by atoms with Gasteiger partial charge in [-0.2, -0.15) is 0 Å². The van der Waals surface area contributed by atoms with Crippen LogP contribution in [-0.4, -0.2) is 101 Å². The molecule has 1 fully saturated rings. The summed E-state index contributed by atoms with van der Waals surface area (Å²) in [5, 5.41) is 45.5. The minimum Gasteiger partial charge on any atom is -0.508 e. The summed E-state index contributed by atoms with van der Waals surface area (Å²) in [6.07, 6.45) is 0.292. The van der Waals surface area contributed by atoms with E-state index in [1.165, 1.54) is 4.90 Å². The smallest absolute Gasteiger partial charge is 0.255 e. The number of aliphatic hydroxyl groups is 3. The van der Waals surface area contributed by atoms with Crippen molar-refractivity contribution < 1.29 is 34.8 Å². The zero-order valence-corrected chi connectivity index (χ0v) is 25.0. The van der Waals surface area contributed by atoms with Crippen LogP contribution in [0.2, 0.25) is 0 Å². The number of ketones is 2. The number of Topliss-reactive ketones (excluding diaryl/α,β-unsaturated/α-hetero) is 2. The highest BCUT2D eigenvalue weighted by molar-refractivity contribution is 6.24. The number of rotatable bonds is 7. The van der Waals surface area contributed by atoms with Gasteiger partial charge in [0, 0.05) is 43.9 Å². The van der Waals surface area contributed by atoms with Crippen molar-refractivity contribution in [2.45, 2.75) is 57.8 Å². The summed E-state index contributed by atoms with van der Waals surface area (Å²) in [5.41, 5.74) is 4.15. The van der Waals surface area contributed by atoms with Crippen molar-refractivity contribution in [1.82, 2.24) is 9.80 Å². The minimum absolute atomic E-state index is 0.0495. The van der Waals surface area contributed by atoms with E-state index in [1.54, 1.807) is 20.2 Å². The molecule has 3 aliphatic rings. The molecule has 0 spiro atoms. The number of aromatic hydroxyl groups is 1. The molecule has 1 saturated carbocycles. The number of likely N-dealkylation sites (N-methyl/N-ethyl adjacent to an activating group) is 1. The molecule has 1 aromatic rings. The molecule has 0 radical (unpaired) electrons. The number of phenols is 1. The molecule has 4 rings (SSSR count). The lowest BCUT2D eigenvalue weighted by Crippen LogP contribution is -2.65. The van der Waals surface area contributed by atoms with E-state index in [0.717, 1.165) is 11.3 Å². The number of hydrogen-bond donors (Lipinski definition) is 5. The monoisotopic (exact) mass is 570 g/mol. The van der Waals surface area contributed by atoms with E-state index in [9.17, 15) is 34.8 Å². The average Bonchev–Trinajstić information content (AvgIpc) is 2.84. The van der Waals surface area contributed by atoms with Gasteiger partial charge >= 0.3 is 0 Å². The summed E-state index contributed by atoms with van der Waals surface area (Å²) in [5.74, 6) is -6.17. The van der Waals surface area contributed by atoms with Gasteiger partial charge in [-0.3, -0.25) is 24.2 Å². The van der Waals surface area contributed by atoms with E-state index < -0.39 is 58.0 Å². The Hall–Kier alpha value is -3.41. The van der Waals surface area contributed by atoms with Crippen molar-refractivity contribution >= 4 is 28.9 Å². The summed E-state index contributed by atoms with van der Waals surface area (Å²) in [7, 11) is 8.92. The molecule has 1 aromatic carbocycles. The van der Waals surface area contributed by atoms with Crippen LogP contribution in [0.1, 0.15) is 43.9 Å². The van der Waals surface area contributed by atoms with Crippen molar-refractivity contribution in [3.63, 3.8) is 0 Å². The lowest BCUT2D eigenvalue weighted by molar-refractivity contribution is -0.153. The summed E-state index contributed by atoms with van der Waals surface area (Å²) in [4.78, 5) is 45.1. The molecule has 6 N–H and O–H groups in total. The first kappa shape index (κ1) is 30.5. The first-order valence-corrected chi connectivity index (χ1v) is 13.9. The molecule has 0 aromatic heterocycles. The lowest BCUT2D eigenvalue weighted by Gasteiger charge is -2.50. The maximum absolute atomic E-state index is 14.0. The van der Waals surface area contributed by atoms with Gasteiger partial charge in [0.2, 0.25) is 5.78 Å². The van der Waals surface area contributed by atoms with E-state index >= 15 is 0 Å². The maximum Gasteiger partial charge on any atom is 0.255 e. The van der Waals surface area contributed by atoms with E-state index in [4.69, 9.17) is 5.73 Å². The Bertz CT molecular complexity index is 1380. The second-order valence-corrected chi connectivity index (χ2v) is 12.5. The van der Waals surface area contributed by atoms with E-state index in [1.807, 2.05) is 26.0 Å². The van der Waals surface area contributed by atoms with Gasteiger partial charge in [-0.1, -0.05) is 13.8 Å². The van der Waals surface area contributed by atoms with Crippen LogP contribution in [0.25, 0.3) is 5.76 Å². The predicted octanol–water partition coefficient (Wildman–Crippen LogP) is 1.51. The zero-order valence-electron chi connectivity index (χ0n) is 25.0. The van der Waals surface area contributed by atoms with Crippen LogP contribution in [0.5, 0.6) is 5.75 Å². The molecule has 0 heterocycles. The summed E-state index contributed by atoms with van der Waals surface area (Å²) < 4.78 is 0. The fourth-order valence-corrected chi connectivity index (χ4v) is 6.97. The lowest BCUT2D eigenvalue weighted by atomic mass is 9.57. The third kappa shape index (κ3) is 4.50. The Morgan fingerprint density at radius 3 is 2.22 bits per heavy atom. The molecule has 1 amide bonds. The highest BCUT2D eigenvalue weighted by Crippen LogP contribution is 2.54. The Morgan fingerprint density at radius 2 is 1.71 bits per heavy atom. The molecule has 3 aliphatic carbocycles. The van der Waals surface area contributed by atoms with Crippen molar-refractivity contribution in [1.29, 1.82) is 0 Å². The fraction of sp³-hybridized carbons (Fsp3) is 0.567. The van der Waals surface area contributed by atoms with Crippen LogP contribution in [0.15, 0.2) is 23.0 Å². The molecule has 0 unspecified atom stereocenters. The Balaban J connectivity index is 1.93. The Kier molecular flexibility index (Phi) is 7.79. The standard InChI is InChI=1S/C30H42N4O7/c1-13(2)14(3)34(8)12-16-11-19(35)21-17(23(16)32(4)5)9-15-10-18-24(33(6)7)26(37)22(29(31)40)28(39)30(18,41)27(38)20(15)25(21)36/h11,13-15,18,24,35-36,39,41H,9-10,12H2,1-8H3,(H2,31,40)/t14-,15+,18+,24+,30+/m1/s1. The van der Waals surface area contributed by atoms with Gasteiger partial charge in [-0.05, 0) is 69.9 Å². The number of carbonyl (C=O) groups excluding carboxylic acids is 3. The van der Waals surface area contributed by atoms with Crippen LogP contribution in [0.3, 0.4) is 0 Å². The molecule has 5 atom stereocenters. The van der Waals surface area contributed by atoms with Gasteiger partial charge < -0.3 is 31.1 Å². The first-order chi connectivity index (χ1) is 19.0. The maximum atomic E-state index is 14.0. The normalized spacial score (nSPS) is 26.9. The van der Waals surface area contributed by atoms with Crippen LogP contribution in [0, 0.1) is 17.8 Å². The summed E-state index contributed by atoms with van der Waals surface area (Å²) in [6, 6.07) is 0.727. The number of anilines is 1. The van der Waals surface area contributed by atoms with E-state index in [2.05, 4.69) is 25.7 Å². The quantitative estimate of drug-likeness (QED) is 0.303. The van der Waals surface area contributed by atoms with Crippen molar-refractivity contribution in [2.75, 3.05) is 40.1 Å². The number of primary amides is 1. The third-order valence-electron chi connectivity index (χ3n) is 9.30. The number of nitrogens with two attached hydrogens (primary N) is 1. The van der Waals surface area contributed by atoms with Gasteiger partial charge in [0.05, 0.1) is 11.6 Å². The van der Waals surface area contributed by atoms with E-state index in [-0.39, 0.29) is 35.8 Å². The topological polar surface area (TPSA) is 168 Å². The SMILES string of the molecule is CC(C)[C@@H](C)N(C)Cc1cc(O)c2c(c1N(C)C)C[C@H]1C[C@H]3[C@H](N(C)C)C(=O)C(C(N)=O)=C(O)[C@@]3(O)C(=O)C1=C2O. The highest BCUT2D eigenvalue weighted by Gasteiger charge is 2.64. The average molecular weight is 571 g/mol. The molecule has 11 nitrogen and oxygen atoms in total. The highest BCUT2D eigenvalue weighted by atomic mass is 16.3. The number of hydrogen-bond acceptors (Lipinski definition) is 10. The third-order valence-corrected chi connectivity index (χ3v) is 9.30. The molecule has 0 bridgehead atoms.